The Labute approximate surface area is 165 Å². The van der Waals surface area contributed by atoms with Gasteiger partial charge < -0.3 is 14.2 Å². The summed E-state index contributed by atoms with van der Waals surface area (Å²) in [4.78, 5) is 0. The molecular weight excluding hydrogens is 352 g/mol. The van der Waals surface area contributed by atoms with E-state index in [0.29, 0.717) is 19.0 Å². The summed E-state index contributed by atoms with van der Waals surface area (Å²) in [5, 5.41) is 4.29. The third kappa shape index (κ3) is 5.27. The molecule has 3 aromatic carbocycles. The molecule has 3 rings (SSSR count). The first-order valence-corrected chi connectivity index (χ1v) is 9.16. The molecule has 1 N–H and O–H groups in total. The lowest BCUT2D eigenvalue weighted by atomic mass is 10.1. The third-order valence-corrected chi connectivity index (χ3v) is 4.02. The lowest BCUT2D eigenvalue weighted by Gasteiger charge is -2.14. The molecule has 0 atom stereocenters. The summed E-state index contributed by atoms with van der Waals surface area (Å²) in [5.41, 5.74) is 5.82. The number of nitrogens with zero attached hydrogens (tertiary/aromatic N) is 1. The van der Waals surface area contributed by atoms with Crippen molar-refractivity contribution in [2.75, 3.05) is 19.1 Å². The van der Waals surface area contributed by atoms with Gasteiger partial charge in [-0.2, -0.15) is 5.10 Å². The molecule has 0 fully saturated rings. The van der Waals surface area contributed by atoms with Crippen molar-refractivity contribution in [2.24, 2.45) is 5.10 Å². The minimum Gasteiger partial charge on any atom is -0.496 e. The molecule has 0 saturated heterocycles. The minimum absolute atomic E-state index is 0.362. The zero-order valence-electron chi connectivity index (χ0n) is 16.1. The maximum atomic E-state index is 5.98. The van der Waals surface area contributed by atoms with Gasteiger partial charge in [-0.25, -0.2) is 0 Å². The van der Waals surface area contributed by atoms with Crippen molar-refractivity contribution in [3.63, 3.8) is 0 Å². The number of hydrazone groups is 1. The molecule has 0 aliphatic carbocycles. The Bertz CT molecular complexity index is 911. The average Bonchev–Trinajstić information content (AvgIpc) is 2.74. The number of ether oxygens (including phenoxy) is 3. The summed E-state index contributed by atoms with van der Waals surface area (Å²) >= 11 is 0. The number of anilines is 1. The Morgan fingerprint density at radius 2 is 1.57 bits per heavy atom. The van der Waals surface area contributed by atoms with Gasteiger partial charge in [0.25, 0.3) is 0 Å². The summed E-state index contributed by atoms with van der Waals surface area (Å²) in [5.74, 6) is 2.20. The van der Waals surface area contributed by atoms with Gasteiger partial charge >= 0.3 is 0 Å². The second-order valence-corrected chi connectivity index (χ2v) is 5.98. The number of para-hydroxylation sites is 3. The number of rotatable bonds is 9. The zero-order chi connectivity index (χ0) is 19.6. The normalized spacial score (nSPS) is 10.6. The standard InChI is InChI=1S/C23H24N2O3/c1-3-27-22-11-7-8-12-23(22)28-17-19-15-18(13-14-21(19)26-2)16-24-25-20-9-5-4-6-10-20/h4-16,25H,3,17H2,1-2H3. The molecule has 0 aromatic heterocycles. The van der Waals surface area contributed by atoms with Gasteiger partial charge in [-0.05, 0) is 55.0 Å². The maximum absolute atomic E-state index is 5.98. The molecule has 0 saturated carbocycles. The van der Waals surface area contributed by atoms with Crippen LogP contribution in [0.1, 0.15) is 18.1 Å². The van der Waals surface area contributed by atoms with E-state index in [1.54, 1.807) is 13.3 Å². The Balaban J connectivity index is 1.71. The smallest absolute Gasteiger partial charge is 0.161 e. The second-order valence-electron chi connectivity index (χ2n) is 5.98. The quantitative estimate of drug-likeness (QED) is 0.416. The Morgan fingerprint density at radius 1 is 0.857 bits per heavy atom. The van der Waals surface area contributed by atoms with E-state index in [1.165, 1.54) is 0 Å². The summed E-state index contributed by atoms with van der Waals surface area (Å²) in [6, 6.07) is 23.3. The Morgan fingerprint density at radius 3 is 2.29 bits per heavy atom. The minimum atomic E-state index is 0.362. The summed E-state index contributed by atoms with van der Waals surface area (Å²) in [6.45, 7) is 2.90. The summed E-state index contributed by atoms with van der Waals surface area (Å²) in [7, 11) is 1.65. The summed E-state index contributed by atoms with van der Waals surface area (Å²) in [6.07, 6.45) is 1.77. The monoisotopic (exact) mass is 376 g/mol. The molecule has 0 bridgehead atoms. The van der Waals surface area contributed by atoms with Crippen LogP contribution in [0, 0.1) is 0 Å². The van der Waals surface area contributed by atoms with Crippen LogP contribution in [0.2, 0.25) is 0 Å². The first-order chi connectivity index (χ1) is 13.8. The average molecular weight is 376 g/mol. The van der Waals surface area contributed by atoms with E-state index in [9.17, 15) is 0 Å². The topological polar surface area (TPSA) is 52.1 Å². The molecule has 0 unspecified atom stereocenters. The van der Waals surface area contributed by atoms with Crippen molar-refractivity contribution >= 4 is 11.9 Å². The van der Waals surface area contributed by atoms with E-state index in [4.69, 9.17) is 14.2 Å². The fraction of sp³-hybridized carbons (Fsp3) is 0.174. The first-order valence-electron chi connectivity index (χ1n) is 9.16. The molecule has 144 valence electrons. The molecule has 0 aliphatic heterocycles. The molecule has 28 heavy (non-hydrogen) atoms. The van der Waals surface area contributed by atoms with Gasteiger partial charge in [-0.3, -0.25) is 5.43 Å². The van der Waals surface area contributed by atoms with Crippen molar-refractivity contribution in [1.29, 1.82) is 0 Å². The van der Waals surface area contributed by atoms with Gasteiger partial charge in [0, 0.05) is 5.56 Å². The van der Waals surface area contributed by atoms with Crippen LogP contribution >= 0.6 is 0 Å². The van der Waals surface area contributed by atoms with Crippen LogP contribution in [0.4, 0.5) is 5.69 Å². The van der Waals surface area contributed by atoms with Gasteiger partial charge in [-0.15, -0.1) is 0 Å². The van der Waals surface area contributed by atoms with Crippen molar-refractivity contribution in [3.05, 3.63) is 83.9 Å². The van der Waals surface area contributed by atoms with Crippen molar-refractivity contribution in [3.8, 4) is 17.2 Å². The van der Waals surface area contributed by atoms with E-state index in [-0.39, 0.29) is 0 Å². The molecule has 0 aliphatic rings. The highest BCUT2D eigenvalue weighted by atomic mass is 16.5. The molecule has 0 amide bonds. The maximum Gasteiger partial charge on any atom is 0.161 e. The predicted octanol–water partition coefficient (Wildman–Crippen LogP) is 5.12. The molecule has 0 spiro atoms. The van der Waals surface area contributed by atoms with Crippen LogP contribution in [-0.4, -0.2) is 19.9 Å². The Hall–Kier alpha value is -3.47. The second kappa shape index (κ2) is 10.0. The summed E-state index contributed by atoms with van der Waals surface area (Å²) < 4.78 is 17.1. The van der Waals surface area contributed by atoms with Gasteiger partial charge in [0.05, 0.1) is 25.6 Å². The molecule has 5 nitrogen and oxygen atoms in total. The van der Waals surface area contributed by atoms with Gasteiger partial charge in [0.2, 0.25) is 0 Å². The molecular formula is C23H24N2O3. The lowest BCUT2D eigenvalue weighted by molar-refractivity contribution is 0.265. The number of benzene rings is 3. The molecule has 3 aromatic rings. The largest absolute Gasteiger partial charge is 0.496 e. The SMILES string of the molecule is CCOc1ccccc1OCc1cc(C=NNc2ccccc2)ccc1OC. The molecule has 0 heterocycles. The zero-order valence-corrected chi connectivity index (χ0v) is 16.1. The lowest BCUT2D eigenvalue weighted by Crippen LogP contribution is -2.02. The molecule has 0 radical (unpaired) electrons. The molecule has 5 heteroatoms. The van der Waals surface area contributed by atoms with Crippen LogP contribution in [0.15, 0.2) is 77.9 Å². The van der Waals surface area contributed by atoms with Crippen molar-refractivity contribution in [2.45, 2.75) is 13.5 Å². The fourth-order valence-electron chi connectivity index (χ4n) is 2.69. The Kier molecular flexibility index (Phi) is 6.90. The highest BCUT2D eigenvalue weighted by Crippen LogP contribution is 2.29. The van der Waals surface area contributed by atoms with E-state index < -0.39 is 0 Å². The van der Waals surface area contributed by atoms with Gasteiger partial charge in [0.15, 0.2) is 11.5 Å². The first kappa shape index (κ1) is 19.3. The van der Waals surface area contributed by atoms with Crippen LogP contribution in [0.5, 0.6) is 17.2 Å². The van der Waals surface area contributed by atoms with E-state index >= 15 is 0 Å². The van der Waals surface area contributed by atoms with Gasteiger partial charge in [0.1, 0.15) is 12.4 Å². The number of methoxy groups -OCH3 is 1. The highest BCUT2D eigenvalue weighted by molar-refractivity contribution is 5.81. The van der Waals surface area contributed by atoms with Crippen LogP contribution in [0.25, 0.3) is 0 Å². The van der Waals surface area contributed by atoms with Crippen LogP contribution in [-0.2, 0) is 6.61 Å². The number of hydrogen-bond acceptors (Lipinski definition) is 5. The third-order valence-electron chi connectivity index (χ3n) is 4.02. The van der Waals surface area contributed by atoms with E-state index in [0.717, 1.165) is 28.3 Å². The van der Waals surface area contributed by atoms with Crippen molar-refractivity contribution < 1.29 is 14.2 Å². The van der Waals surface area contributed by atoms with E-state index in [1.807, 2.05) is 79.7 Å². The fourth-order valence-corrected chi connectivity index (χ4v) is 2.69. The van der Waals surface area contributed by atoms with Crippen LogP contribution < -0.4 is 19.6 Å². The van der Waals surface area contributed by atoms with Gasteiger partial charge in [-0.1, -0.05) is 30.3 Å². The number of nitrogens with one attached hydrogen (secondary N) is 1. The van der Waals surface area contributed by atoms with Crippen molar-refractivity contribution in [1.82, 2.24) is 0 Å². The van der Waals surface area contributed by atoms with E-state index in [2.05, 4.69) is 10.5 Å². The predicted molar refractivity (Wildman–Crippen MR) is 113 cm³/mol. The van der Waals surface area contributed by atoms with Crippen LogP contribution in [0.3, 0.4) is 0 Å². The highest BCUT2D eigenvalue weighted by Gasteiger charge is 2.08. The number of hydrogen-bond donors (Lipinski definition) is 1.